The molecule has 2 rings (SSSR count). The summed E-state index contributed by atoms with van der Waals surface area (Å²) in [5, 5.41) is 4.65. The number of nitrogens with one attached hydrogen (secondary N) is 1. The van der Waals surface area contributed by atoms with Crippen LogP contribution in [0.1, 0.15) is 22.3 Å². The van der Waals surface area contributed by atoms with Gasteiger partial charge in [-0.3, -0.25) is 4.79 Å². The number of rotatable bonds is 5. The Balaban J connectivity index is 1.87. The molecule has 0 bridgehead atoms. The molecule has 1 N–H and O–H groups in total. The highest BCUT2D eigenvalue weighted by molar-refractivity contribution is 6.32. The van der Waals surface area contributed by atoms with Crippen molar-refractivity contribution in [2.75, 3.05) is 6.61 Å². The third kappa shape index (κ3) is 4.83. The predicted octanol–water partition coefficient (Wildman–Crippen LogP) is 3.79. The number of hydrogen-bond acceptors (Lipinski definition) is 3. The fourth-order valence-corrected chi connectivity index (χ4v) is 2.19. The number of carbonyl (C=O) groups excluding carboxylic acids is 1. The minimum atomic E-state index is -0.319. The van der Waals surface area contributed by atoms with Crippen LogP contribution in [0.25, 0.3) is 0 Å². The lowest BCUT2D eigenvalue weighted by Gasteiger charge is -2.09. The van der Waals surface area contributed by atoms with Gasteiger partial charge in [-0.05, 0) is 55.2 Å². The molecule has 23 heavy (non-hydrogen) atoms. The lowest BCUT2D eigenvalue weighted by molar-refractivity contribution is -0.123. The first-order valence-electron chi connectivity index (χ1n) is 7.24. The van der Waals surface area contributed by atoms with E-state index in [0.717, 1.165) is 22.3 Å². The molecule has 0 aliphatic heterocycles. The summed E-state index contributed by atoms with van der Waals surface area (Å²) in [7, 11) is 0. The zero-order valence-corrected chi connectivity index (χ0v) is 14.1. The molecule has 120 valence electrons. The van der Waals surface area contributed by atoms with Crippen molar-refractivity contribution < 1.29 is 9.53 Å². The predicted molar refractivity (Wildman–Crippen MR) is 93.3 cm³/mol. The summed E-state index contributed by atoms with van der Waals surface area (Å²) in [5.41, 5.74) is 6.33. The van der Waals surface area contributed by atoms with Crippen LogP contribution in [-0.2, 0) is 4.79 Å². The highest BCUT2D eigenvalue weighted by atomic mass is 35.5. The lowest BCUT2D eigenvalue weighted by atomic mass is 10.1. The van der Waals surface area contributed by atoms with E-state index >= 15 is 0 Å². The summed E-state index contributed by atoms with van der Waals surface area (Å²) in [5.74, 6) is 0.294. The van der Waals surface area contributed by atoms with Crippen LogP contribution in [0.2, 0.25) is 5.02 Å². The van der Waals surface area contributed by atoms with Crippen LogP contribution < -0.4 is 10.2 Å². The Hall–Kier alpha value is -2.33. The van der Waals surface area contributed by atoms with Gasteiger partial charge < -0.3 is 4.74 Å². The van der Waals surface area contributed by atoms with E-state index in [1.165, 1.54) is 0 Å². The number of carbonyl (C=O) groups is 1. The molecule has 1 amide bonds. The van der Waals surface area contributed by atoms with Gasteiger partial charge in [-0.1, -0.05) is 35.9 Å². The molecular weight excluding hydrogens is 312 g/mol. The molecule has 2 aromatic rings. The summed E-state index contributed by atoms with van der Waals surface area (Å²) in [6.07, 6.45) is 1.61. The zero-order chi connectivity index (χ0) is 16.8. The number of halogens is 1. The second kappa shape index (κ2) is 7.79. The van der Waals surface area contributed by atoms with Crippen molar-refractivity contribution in [1.29, 1.82) is 0 Å². The highest BCUT2D eigenvalue weighted by Crippen LogP contribution is 2.25. The Labute approximate surface area is 141 Å². The van der Waals surface area contributed by atoms with Crippen molar-refractivity contribution in [2.45, 2.75) is 20.8 Å². The monoisotopic (exact) mass is 330 g/mol. The largest absolute Gasteiger partial charge is 0.484 e. The van der Waals surface area contributed by atoms with Crippen molar-refractivity contribution in [1.82, 2.24) is 5.43 Å². The van der Waals surface area contributed by atoms with Gasteiger partial charge in [0.1, 0.15) is 5.75 Å². The maximum Gasteiger partial charge on any atom is 0.277 e. The van der Waals surface area contributed by atoms with E-state index in [0.29, 0.717) is 10.8 Å². The van der Waals surface area contributed by atoms with Gasteiger partial charge >= 0.3 is 0 Å². The number of hydrogen-bond donors (Lipinski definition) is 1. The van der Waals surface area contributed by atoms with Gasteiger partial charge in [-0.2, -0.15) is 5.10 Å². The second-order valence-corrected chi connectivity index (χ2v) is 5.69. The van der Waals surface area contributed by atoms with Gasteiger partial charge in [0.05, 0.1) is 6.21 Å². The number of aryl methyl sites for hydroxylation is 3. The minimum absolute atomic E-state index is 0.106. The van der Waals surface area contributed by atoms with E-state index < -0.39 is 0 Å². The quantitative estimate of drug-likeness (QED) is 0.669. The first-order chi connectivity index (χ1) is 11.0. The molecule has 0 saturated heterocycles. The Kier molecular flexibility index (Phi) is 5.77. The second-order valence-electron chi connectivity index (χ2n) is 5.31. The van der Waals surface area contributed by atoms with Crippen molar-refractivity contribution in [3.05, 3.63) is 63.7 Å². The van der Waals surface area contributed by atoms with E-state index in [1.807, 2.05) is 45.0 Å². The van der Waals surface area contributed by atoms with Crippen LogP contribution in [-0.4, -0.2) is 18.7 Å². The van der Waals surface area contributed by atoms with Crippen LogP contribution in [0.4, 0.5) is 0 Å². The van der Waals surface area contributed by atoms with E-state index in [4.69, 9.17) is 16.3 Å². The standard InChI is InChI=1S/C18H19ClN2O2/c1-12-6-4-5-7-15(12)10-20-21-17(22)11-23-16-8-13(2)18(19)14(3)9-16/h4-10H,11H2,1-3H3,(H,21,22). The van der Waals surface area contributed by atoms with Crippen LogP contribution >= 0.6 is 11.6 Å². The fourth-order valence-electron chi connectivity index (χ4n) is 2.08. The topological polar surface area (TPSA) is 50.7 Å². The van der Waals surface area contributed by atoms with Crippen LogP contribution in [0.3, 0.4) is 0 Å². The first kappa shape index (κ1) is 17.0. The molecule has 5 heteroatoms. The third-order valence-corrected chi connectivity index (χ3v) is 3.96. The van der Waals surface area contributed by atoms with Gasteiger partial charge in [-0.25, -0.2) is 5.43 Å². The molecule has 4 nitrogen and oxygen atoms in total. The maximum absolute atomic E-state index is 11.8. The van der Waals surface area contributed by atoms with Crippen LogP contribution in [0, 0.1) is 20.8 Å². The van der Waals surface area contributed by atoms with Crippen molar-refractivity contribution in [2.24, 2.45) is 5.10 Å². The number of benzene rings is 2. The first-order valence-corrected chi connectivity index (χ1v) is 7.62. The van der Waals surface area contributed by atoms with Gasteiger partial charge in [0.15, 0.2) is 6.61 Å². The van der Waals surface area contributed by atoms with Gasteiger partial charge in [0.2, 0.25) is 0 Å². The molecular formula is C18H19ClN2O2. The molecule has 0 fully saturated rings. The highest BCUT2D eigenvalue weighted by Gasteiger charge is 2.06. The molecule has 0 radical (unpaired) electrons. The molecule has 0 unspecified atom stereocenters. The van der Waals surface area contributed by atoms with E-state index in [-0.39, 0.29) is 12.5 Å². The Morgan fingerprint density at radius 2 is 1.83 bits per heavy atom. The summed E-state index contributed by atoms with van der Waals surface area (Å²) in [6.45, 7) is 5.67. The molecule has 0 aliphatic rings. The number of amides is 1. The Bertz CT molecular complexity index is 719. The molecule has 0 saturated carbocycles. The third-order valence-electron chi connectivity index (χ3n) is 3.36. The molecule has 0 heterocycles. The van der Waals surface area contributed by atoms with E-state index in [1.54, 1.807) is 18.3 Å². The van der Waals surface area contributed by atoms with E-state index in [9.17, 15) is 4.79 Å². The maximum atomic E-state index is 11.8. The smallest absolute Gasteiger partial charge is 0.277 e. The molecule has 0 atom stereocenters. The van der Waals surface area contributed by atoms with Crippen LogP contribution in [0.5, 0.6) is 5.75 Å². The number of nitrogens with zero attached hydrogens (tertiary/aromatic N) is 1. The summed E-state index contributed by atoms with van der Waals surface area (Å²) < 4.78 is 5.47. The molecule has 0 aromatic heterocycles. The average molecular weight is 331 g/mol. The Morgan fingerprint density at radius 1 is 1.17 bits per heavy atom. The molecule has 0 aliphatic carbocycles. The van der Waals surface area contributed by atoms with Crippen molar-refractivity contribution in [3.8, 4) is 5.75 Å². The number of ether oxygens (including phenoxy) is 1. The van der Waals surface area contributed by atoms with Crippen LogP contribution in [0.15, 0.2) is 41.5 Å². The average Bonchev–Trinajstić information content (AvgIpc) is 2.52. The fraction of sp³-hybridized carbons (Fsp3) is 0.222. The molecule has 2 aromatic carbocycles. The van der Waals surface area contributed by atoms with Crippen molar-refractivity contribution >= 4 is 23.7 Å². The minimum Gasteiger partial charge on any atom is -0.484 e. The Morgan fingerprint density at radius 3 is 2.48 bits per heavy atom. The zero-order valence-electron chi connectivity index (χ0n) is 13.4. The van der Waals surface area contributed by atoms with Gasteiger partial charge in [0, 0.05) is 5.02 Å². The summed E-state index contributed by atoms with van der Waals surface area (Å²) in [6, 6.07) is 11.4. The van der Waals surface area contributed by atoms with Gasteiger partial charge in [0.25, 0.3) is 5.91 Å². The van der Waals surface area contributed by atoms with Gasteiger partial charge in [-0.15, -0.1) is 0 Å². The van der Waals surface area contributed by atoms with E-state index in [2.05, 4.69) is 10.5 Å². The SMILES string of the molecule is Cc1ccccc1C=NNC(=O)COc1cc(C)c(Cl)c(C)c1. The normalized spacial score (nSPS) is 10.8. The summed E-state index contributed by atoms with van der Waals surface area (Å²) >= 11 is 6.10. The summed E-state index contributed by atoms with van der Waals surface area (Å²) in [4.78, 5) is 11.8. The number of hydrazone groups is 1. The van der Waals surface area contributed by atoms with Crippen molar-refractivity contribution in [3.63, 3.8) is 0 Å². The molecule has 0 spiro atoms. The lowest BCUT2D eigenvalue weighted by Crippen LogP contribution is -2.24.